The highest BCUT2D eigenvalue weighted by atomic mass is 19.1. The molecule has 2 aromatic rings. The summed E-state index contributed by atoms with van der Waals surface area (Å²) in [5.74, 6) is 1.49. The number of likely N-dealkylation sites (N-methyl/N-ethyl adjacent to an activating group) is 1. The minimum Gasteiger partial charge on any atom is -0.461 e. The van der Waals surface area contributed by atoms with Gasteiger partial charge in [0, 0.05) is 18.5 Å². The molecule has 0 fully saturated rings. The second-order valence-electron chi connectivity index (χ2n) is 3.63. The maximum Gasteiger partial charge on any atom is 0.134 e. The zero-order valence-electron chi connectivity index (χ0n) is 9.16. The lowest BCUT2D eigenvalue weighted by Gasteiger charge is -1.97. The Morgan fingerprint density at radius 1 is 1.12 bits per heavy atom. The molecular formula is C13H14FNO. The Labute approximate surface area is 94.1 Å². The van der Waals surface area contributed by atoms with E-state index < -0.39 is 0 Å². The van der Waals surface area contributed by atoms with Gasteiger partial charge < -0.3 is 9.73 Å². The lowest BCUT2D eigenvalue weighted by Crippen LogP contribution is -2.09. The first-order chi connectivity index (χ1) is 7.79. The third kappa shape index (κ3) is 2.49. The molecule has 84 valence electrons. The summed E-state index contributed by atoms with van der Waals surface area (Å²) in [6.07, 6.45) is 0.859. The van der Waals surface area contributed by atoms with Crippen LogP contribution in [0, 0.1) is 5.82 Å². The van der Waals surface area contributed by atoms with Crippen molar-refractivity contribution in [3.63, 3.8) is 0 Å². The quantitative estimate of drug-likeness (QED) is 0.855. The normalized spacial score (nSPS) is 10.6. The van der Waals surface area contributed by atoms with Crippen LogP contribution in [-0.4, -0.2) is 13.6 Å². The molecule has 2 rings (SSSR count). The van der Waals surface area contributed by atoms with E-state index in [9.17, 15) is 4.39 Å². The van der Waals surface area contributed by atoms with Gasteiger partial charge in [-0.1, -0.05) is 0 Å². The molecule has 0 amide bonds. The van der Waals surface area contributed by atoms with Crippen LogP contribution in [-0.2, 0) is 6.42 Å². The summed E-state index contributed by atoms with van der Waals surface area (Å²) in [4.78, 5) is 0. The van der Waals surface area contributed by atoms with Gasteiger partial charge in [-0.25, -0.2) is 4.39 Å². The van der Waals surface area contributed by atoms with Crippen LogP contribution in [0.3, 0.4) is 0 Å². The fraction of sp³-hybridized carbons (Fsp3) is 0.231. The van der Waals surface area contributed by atoms with E-state index in [-0.39, 0.29) is 5.82 Å². The van der Waals surface area contributed by atoms with E-state index in [1.54, 1.807) is 12.1 Å². The zero-order valence-corrected chi connectivity index (χ0v) is 9.16. The Bertz CT molecular complexity index is 447. The van der Waals surface area contributed by atoms with Gasteiger partial charge in [-0.15, -0.1) is 0 Å². The van der Waals surface area contributed by atoms with E-state index in [0.29, 0.717) is 0 Å². The second-order valence-corrected chi connectivity index (χ2v) is 3.63. The van der Waals surface area contributed by atoms with Crippen molar-refractivity contribution in [2.45, 2.75) is 6.42 Å². The first-order valence-electron chi connectivity index (χ1n) is 5.29. The fourth-order valence-electron chi connectivity index (χ4n) is 1.53. The number of hydrogen-bond acceptors (Lipinski definition) is 2. The highest BCUT2D eigenvalue weighted by Gasteiger charge is 2.04. The molecule has 0 bridgehead atoms. The van der Waals surface area contributed by atoms with E-state index in [1.807, 2.05) is 19.2 Å². The van der Waals surface area contributed by atoms with Crippen LogP contribution in [0.2, 0.25) is 0 Å². The number of nitrogens with one attached hydrogen (secondary N) is 1. The minimum absolute atomic E-state index is 0.231. The average Bonchev–Trinajstić information content (AvgIpc) is 2.76. The molecule has 0 aliphatic heterocycles. The predicted octanol–water partition coefficient (Wildman–Crippen LogP) is 2.85. The molecule has 0 unspecified atom stereocenters. The molecule has 2 nitrogen and oxygen atoms in total. The van der Waals surface area contributed by atoms with Gasteiger partial charge in [0.2, 0.25) is 0 Å². The number of benzene rings is 1. The van der Waals surface area contributed by atoms with Crippen molar-refractivity contribution in [1.29, 1.82) is 0 Å². The maximum absolute atomic E-state index is 12.7. The van der Waals surface area contributed by atoms with Crippen LogP contribution in [0.15, 0.2) is 40.8 Å². The van der Waals surface area contributed by atoms with Crippen molar-refractivity contribution >= 4 is 0 Å². The van der Waals surface area contributed by atoms with Gasteiger partial charge in [0.15, 0.2) is 0 Å². The molecule has 0 saturated heterocycles. The molecule has 0 aliphatic carbocycles. The van der Waals surface area contributed by atoms with Crippen LogP contribution in [0.25, 0.3) is 11.3 Å². The lowest BCUT2D eigenvalue weighted by molar-refractivity contribution is 0.516. The van der Waals surface area contributed by atoms with E-state index in [2.05, 4.69) is 5.32 Å². The van der Waals surface area contributed by atoms with E-state index in [1.165, 1.54) is 12.1 Å². The summed E-state index contributed by atoms with van der Waals surface area (Å²) in [6.45, 7) is 0.885. The second kappa shape index (κ2) is 4.94. The van der Waals surface area contributed by atoms with Crippen molar-refractivity contribution in [3.05, 3.63) is 48.0 Å². The van der Waals surface area contributed by atoms with Gasteiger partial charge in [-0.3, -0.25) is 0 Å². The molecule has 1 aromatic heterocycles. The summed E-state index contributed by atoms with van der Waals surface area (Å²) >= 11 is 0. The third-order valence-electron chi connectivity index (χ3n) is 2.41. The fourth-order valence-corrected chi connectivity index (χ4v) is 1.53. The van der Waals surface area contributed by atoms with E-state index >= 15 is 0 Å². The van der Waals surface area contributed by atoms with Crippen LogP contribution in [0.5, 0.6) is 0 Å². The number of furan rings is 1. The van der Waals surface area contributed by atoms with Crippen LogP contribution < -0.4 is 5.32 Å². The van der Waals surface area contributed by atoms with Gasteiger partial charge in [-0.05, 0) is 43.4 Å². The molecule has 0 saturated carbocycles. The van der Waals surface area contributed by atoms with Gasteiger partial charge >= 0.3 is 0 Å². The zero-order chi connectivity index (χ0) is 11.4. The van der Waals surface area contributed by atoms with Gasteiger partial charge in [0.25, 0.3) is 0 Å². The summed E-state index contributed by atoms with van der Waals surface area (Å²) in [6, 6.07) is 10.2. The molecule has 3 heteroatoms. The lowest BCUT2D eigenvalue weighted by atomic mass is 10.2. The van der Waals surface area contributed by atoms with Gasteiger partial charge in [-0.2, -0.15) is 0 Å². The average molecular weight is 219 g/mol. The molecule has 0 aliphatic rings. The first kappa shape index (κ1) is 10.9. The highest BCUT2D eigenvalue weighted by molar-refractivity contribution is 5.57. The molecule has 1 aromatic carbocycles. The van der Waals surface area contributed by atoms with Crippen LogP contribution in [0.4, 0.5) is 4.39 Å². The minimum atomic E-state index is -0.231. The Morgan fingerprint density at radius 2 is 1.88 bits per heavy atom. The summed E-state index contributed by atoms with van der Waals surface area (Å²) in [7, 11) is 1.91. The topological polar surface area (TPSA) is 25.2 Å². The SMILES string of the molecule is CNCCc1ccc(-c2ccc(F)cc2)o1. The highest BCUT2D eigenvalue weighted by Crippen LogP contribution is 2.22. The summed E-state index contributed by atoms with van der Waals surface area (Å²) < 4.78 is 18.4. The van der Waals surface area contributed by atoms with Gasteiger partial charge in [0.05, 0.1) is 0 Å². The molecule has 0 spiro atoms. The maximum atomic E-state index is 12.7. The van der Waals surface area contributed by atoms with Crippen molar-refractivity contribution in [1.82, 2.24) is 5.32 Å². The predicted molar refractivity (Wildman–Crippen MR) is 61.7 cm³/mol. The van der Waals surface area contributed by atoms with Gasteiger partial charge in [0.1, 0.15) is 17.3 Å². The van der Waals surface area contributed by atoms with Crippen molar-refractivity contribution in [3.8, 4) is 11.3 Å². The molecule has 0 atom stereocenters. The van der Waals surface area contributed by atoms with Crippen LogP contribution in [0.1, 0.15) is 5.76 Å². The summed E-state index contributed by atoms with van der Waals surface area (Å²) in [5, 5.41) is 3.06. The number of rotatable bonds is 4. The number of halogens is 1. The Balaban J connectivity index is 2.15. The molecule has 1 N–H and O–H groups in total. The smallest absolute Gasteiger partial charge is 0.134 e. The molecular weight excluding hydrogens is 205 g/mol. The monoisotopic (exact) mass is 219 g/mol. The standard InChI is InChI=1S/C13H14FNO/c1-15-9-8-12-6-7-13(16-12)10-2-4-11(14)5-3-10/h2-7,15H,8-9H2,1H3. The van der Waals surface area contributed by atoms with E-state index in [0.717, 1.165) is 30.0 Å². The largest absolute Gasteiger partial charge is 0.461 e. The van der Waals surface area contributed by atoms with Crippen molar-refractivity contribution in [2.24, 2.45) is 0 Å². The summed E-state index contributed by atoms with van der Waals surface area (Å²) in [5.41, 5.74) is 0.900. The van der Waals surface area contributed by atoms with Crippen molar-refractivity contribution < 1.29 is 8.81 Å². The Hall–Kier alpha value is -1.61. The Kier molecular flexibility index (Phi) is 3.37. The van der Waals surface area contributed by atoms with Crippen molar-refractivity contribution in [2.75, 3.05) is 13.6 Å². The first-order valence-corrected chi connectivity index (χ1v) is 5.29. The Morgan fingerprint density at radius 3 is 2.56 bits per heavy atom. The van der Waals surface area contributed by atoms with Crippen LogP contribution >= 0.6 is 0 Å². The van der Waals surface area contributed by atoms with E-state index in [4.69, 9.17) is 4.42 Å². The molecule has 16 heavy (non-hydrogen) atoms. The molecule has 1 heterocycles. The number of hydrogen-bond donors (Lipinski definition) is 1. The third-order valence-corrected chi connectivity index (χ3v) is 2.41. The molecule has 0 radical (unpaired) electrons.